The summed E-state index contributed by atoms with van der Waals surface area (Å²) in [7, 11) is -1.75. The van der Waals surface area contributed by atoms with E-state index in [-0.39, 0.29) is 51.8 Å². The zero-order valence-electron chi connectivity index (χ0n) is 14.1. The van der Waals surface area contributed by atoms with Crippen molar-refractivity contribution in [2.45, 2.75) is 51.9 Å². The SMILES string of the molecule is CCOC1([Si](C)(C)C2=[C-]CC=C2)CC=C(C)C=C1C.[Cl-].[Cl-].[Ti+3]. The van der Waals surface area contributed by atoms with Crippen molar-refractivity contribution in [3.05, 3.63) is 46.7 Å². The summed E-state index contributed by atoms with van der Waals surface area (Å²) >= 11 is 0. The van der Waals surface area contributed by atoms with Gasteiger partial charge in [0.2, 0.25) is 0 Å². The smallest absolute Gasteiger partial charge is 1.00 e. The molecule has 0 heterocycles. The Kier molecular flexibility index (Phi) is 10.8. The van der Waals surface area contributed by atoms with Gasteiger partial charge >= 0.3 is 21.7 Å². The molecule has 0 amide bonds. The molecular formula is C17H25Cl2OSiTi. The van der Waals surface area contributed by atoms with Gasteiger partial charge in [0.15, 0.2) is 0 Å². The first-order valence-electron chi connectivity index (χ1n) is 7.21. The molecule has 1 unspecified atom stereocenters. The van der Waals surface area contributed by atoms with Crippen LogP contribution < -0.4 is 24.8 Å². The second kappa shape index (κ2) is 9.66. The summed E-state index contributed by atoms with van der Waals surface area (Å²) in [6, 6.07) is 0. The molecule has 0 saturated carbocycles. The minimum absolute atomic E-state index is 0. The molecule has 22 heavy (non-hydrogen) atoms. The first-order valence-corrected chi connectivity index (χ1v) is 10.2. The maximum Gasteiger partial charge on any atom is 3.00 e. The molecule has 0 fully saturated rings. The summed E-state index contributed by atoms with van der Waals surface area (Å²) in [5.74, 6) is 0. The van der Waals surface area contributed by atoms with Crippen LogP contribution in [0.25, 0.3) is 0 Å². The predicted octanol–water partition coefficient (Wildman–Crippen LogP) is -1.46. The van der Waals surface area contributed by atoms with Crippen LogP contribution >= 0.6 is 0 Å². The van der Waals surface area contributed by atoms with E-state index in [1.54, 1.807) is 0 Å². The van der Waals surface area contributed by atoms with Crippen LogP contribution in [-0.2, 0) is 26.5 Å². The number of hydrogen-bond donors (Lipinski definition) is 0. The van der Waals surface area contributed by atoms with Crippen molar-refractivity contribution in [3.63, 3.8) is 0 Å². The molecule has 0 bridgehead atoms. The Hall–Kier alpha value is 0.431. The van der Waals surface area contributed by atoms with Gasteiger partial charge < -0.3 is 29.6 Å². The van der Waals surface area contributed by atoms with E-state index in [0.717, 1.165) is 19.4 Å². The van der Waals surface area contributed by atoms with Crippen molar-refractivity contribution < 1.29 is 51.3 Å². The van der Waals surface area contributed by atoms with E-state index >= 15 is 0 Å². The molecule has 121 valence electrons. The molecule has 2 aliphatic carbocycles. The second-order valence-corrected chi connectivity index (χ2v) is 10.7. The number of hydrogen-bond acceptors (Lipinski definition) is 1. The molecule has 0 N–H and O–H groups in total. The molecule has 0 spiro atoms. The van der Waals surface area contributed by atoms with E-state index in [9.17, 15) is 0 Å². The molecule has 2 rings (SSSR count). The summed E-state index contributed by atoms with van der Waals surface area (Å²) < 4.78 is 6.36. The average Bonchev–Trinajstić information content (AvgIpc) is 2.87. The van der Waals surface area contributed by atoms with Crippen LogP contribution in [0.5, 0.6) is 0 Å². The molecule has 1 atom stereocenters. The van der Waals surface area contributed by atoms with Crippen LogP contribution in [0, 0.1) is 6.08 Å². The Morgan fingerprint density at radius 3 is 2.36 bits per heavy atom. The monoisotopic (exact) mass is 391 g/mol. The molecule has 0 aliphatic heterocycles. The summed E-state index contributed by atoms with van der Waals surface area (Å²) in [4.78, 5) is 0. The molecule has 0 aromatic rings. The van der Waals surface area contributed by atoms with Gasteiger partial charge in [-0.1, -0.05) is 30.8 Å². The topological polar surface area (TPSA) is 9.23 Å². The maximum absolute atomic E-state index is 6.36. The van der Waals surface area contributed by atoms with Crippen molar-refractivity contribution in [2.75, 3.05) is 6.61 Å². The van der Waals surface area contributed by atoms with Crippen molar-refractivity contribution in [1.82, 2.24) is 0 Å². The minimum Gasteiger partial charge on any atom is -1.00 e. The Morgan fingerprint density at radius 2 is 1.91 bits per heavy atom. The fourth-order valence-corrected chi connectivity index (χ4v) is 7.07. The van der Waals surface area contributed by atoms with Gasteiger partial charge in [-0.05, 0) is 32.8 Å². The third-order valence-electron chi connectivity index (χ3n) is 4.56. The second-order valence-electron chi connectivity index (χ2n) is 6.06. The zero-order chi connectivity index (χ0) is 14.1. The minimum atomic E-state index is -1.75. The van der Waals surface area contributed by atoms with E-state index < -0.39 is 8.07 Å². The predicted molar refractivity (Wildman–Crippen MR) is 84.5 cm³/mol. The Balaban J connectivity index is 0. The molecule has 2 aliphatic rings. The summed E-state index contributed by atoms with van der Waals surface area (Å²) in [6.07, 6.45) is 14.6. The fraction of sp³-hybridized carbons (Fsp3) is 0.529. The van der Waals surface area contributed by atoms with Crippen LogP contribution in [0.15, 0.2) is 40.6 Å². The van der Waals surface area contributed by atoms with Gasteiger partial charge in [-0.3, -0.25) is 6.08 Å². The van der Waals surface area contributed by atoms with E-state index in [1.165, 1.54) is 16.3 Å². The largest absolute Gasteiger partial charge is 3.00 e. The molecule has 0 aromatic carbocycles. The van der Waals surface area contributed by atoms with Crippen molar-refractivity contribution in [1.29, 1.82) is 0 Å². The Labute approximate surface area is 164 Å². The van der Waals surface area contributed by atoms with Gasteiger partial charge in [-0.25, -0.2) is 11.3 Å². The maximum atomic E-state index is 6.36. The van der Waals surface area contributed by atoms with Crippen molar-refractivity contribution >= 4 is 8.07 Å². The molecule has 5 heteroatoms. The number of halogens is 2. The first-order chi connectivity index (χ1) is 8.94. The van der Waals surface area contributed by atoms with E-state index in [0.29, 0.717) is 0 Å². The van der Waals surface area contributed by atoms with Gasteiger partial charge in [-0.2, -0.15) is 6.08 Å². The third-order valence-corrected chi connectivity index (χ3v) is 9.01. The van der Waals surface area contributed by atoms with Crippen LogP contribution in [0.4, 0.5) is 0 Å². The average molecular weight is 392 g/mol. The quantitative estimate of drug-likeness (QED) is 0.420. The van der Waals surface area contributed by atoms with Gasteiger partial charge in [-0.15, -0.1) is 6.42 Å². The molecule has 1 radical (unpaired) electrons. The van der Waals surface area contributed by atoms with E-state index in [2.05, 4.69) is 64.2 Å². The van der Waals surface area contributed by atoms with Gasteiger partial charge in [0, 0.05) is 6.61 Å². The molecule has 0 aromatic heterocycles. The van der Waals surface area contributed by atoms with E-state index in [1.807, 2.05) is 0 Å². The Morgan fingerprint density at radius 1 is 1.27 bits per heavy atom. The number of rotatable bonds is 4. The van der Waals surface area contributed by atoms with Crippen molar-refractivity contribution in [3.8, 4) is 0 Å². The summed E-state index contributed by atoms with van der Waals surface area (Å²) in [5, 5.41) is 1.32. The van der Waals surface area contributed by atoms with Gasteiger partial charge in [0.05, 0.1) is 13.3 Å². The molecule has 0 saturated heterocycles. The standard InChI is InChI=1S/C17H25OSi.2ClH.Ti/c1-6-18-17(12-11-14(2)13-15(17)3)19(4,5)16-9-7-8-10-16;;;/h7,9,11,13H,6,8,12H2,1-5H3;2*1H;/q-1;;;+3/p-2. The third kappa shape index (κ3) is 4.28. The summed E-state index contributed by atoms with van der Waals surface area (Å²) in [6.45, 7) is 12.1. The van der Waals surface area contributed by atoms with Crippen LogP contribution in [0.2, 0.25) is 13.1 Å². The van der Waals surface area contributed by atoms with Gasteiger partial charge in [0.25, 0.3) is 0 Å². The van der Waals surface area contributed by atoms with Crippen LogP contribution in [0.3, 0.4) is 0 Å². The Bertz CT molecular complexity index is 495. The fourth-order valence-electron chi connectivity index (χ4n) is 3.38. The molecule has 1 nitrogen and oxygen atoms in total. The van der Waals surface area contributed by atoms with Crippen LogP contribution in [0.1, 0.15) is 33.6 Å². The van der Waals surface area contributed by atoms with Gasteiger partial charge in [0.1, 0.15) is 0 Å². The van der Waals surface area contributed by atoms with Crippen molar-refractivity contribution in [2.24, 2.45) is 0 Å². The number of allylic oxidation sites excluding steroid dienone is 6. The van der Waals surface area contributed by atoms with E-state index in [4.69, 9.17) is 4.74 Å². The zero-order valence-corrected chi connectivity index (χ0v) is 18.2. The number of ether oxygens (including phenoxy) is 1. The van der Waals surface area contributed by atoms with Crippen LogP contribution in [-0.4, -0.2) is 19.9 Å². The first kappa shape index (κ1) is 24.7. The molecular weight excluding hydrogens is 367 g/mol. The normalized spacial score (nSPS) is 23.4. The summed E-state index contributed by atoms with van der Waals surface area (Å²) in [5.41, 5.74) is 2.75.